The van der Waals surface area contributed by atoms with Gasteiger partial charge in [0, 0.05) is 40.7 Å². The van der Waals surface area contributed by atoms with Crippen molar-refractivity contribution in [3.05, 3.63) is 180 Å². The van der Waals surface area contributed by atoms with Crippen molar-refractivity contribution < 1.29 is 0 Å². The summed E-state index contributed by atoms with van der Waals surface area (Å²) in [5.41, 5.74) is 9.59. The normalized spacial score (nSPS) is 12.4. The highest BCUT2D eigenvalue weighted by Crippen LogP contribution is 2.41. The van der Waals surface area contributed by atoms with Crippen LogP contribution >= 0.6 is 0 Å². The predicted octanol–water partition coefficient (Wildman–Crippen LogP) is 10.2. The highest BCUT2D eigenvalue weighted by atomic mass is 15.1. The quantitative estimate of drug-likeness (QED) is 0.0890. The second kappa shape index (κ2) is 15.7. The largest absolute Gasteiger partial charge is 0.386 e. The lowest BCUT2D eigenvalue weighted by Gasteiger charge is -2.16. The van der Waals surface area contributed by atoms with Crippen LogP contribution in [-0.4, -0.2) is 41.7 Å². The molecule has 0 amide bonds. The van der Waals surface area contributed by atoms with Crippen molar-refractivity contribution in [2.45, 2.75) is 6.67 Å². The number of hydrogen-bond acceptors (Lipinski definition) is 4. The maximum Gasteiger partial charge on any atom is 0.161 e. The van der Waals surface area contributed by atoms with Crippen molar-refractivity contribution in [3.8, 4) is 11.1 Å². The summed E-state index contributed by atoms with van der Waals surface area (Å²) in [5, 5.41) is 5.85. The van der Waals surface area contributed by atoms with Crippen molar-refractivity contribution in [2.75, 3.05) is 12.4 Å². The molecule has 0 saturated carbocycles. The van der Waals surface area contributed by atoms with Crippen LogP contribution in [0, 0.1) is 0 Å². The van der Waals surface area contributed by atoms with Crippen LogP contribution in [0.3, 0.4) is 0 Å². The minimum atomic E-state index is 0.326. The van der Waals surface area contributed by atoms with Gasteiger partial charge in [-0.1, -0.05) is 133 Å². The Labute approximate surface area is 303 Å². The fourth-order valence-corrected chi connectivity index (χ4v) is 6.43. The van der Waals surface area contributed by atoms with E-state index in [1.807, 2.05) is 98.1 Å². The second-order valence-corrected chi connectivity index (χ2v) is 11.9. The summed E-state index contributed by atoms with van der Waals surface area (Å²) in [6.07, 6.45) is 7.77. The molecule has 7 rings (SSSR count). The zero-order valence-corrected chi connectivity index (χ0v) is 28.9. The number of allylic oxidation sites excluding steroid dienone is 2. The fourth-order valence-electron chi connectivity index (χ4n) is 6.43. The number of nitrogens with zero attached hydrogens (tertiary/aromatic N) is 6. The second-order valence-electron chi connectivity index (χ2n) is 11.9. The molecule has 0 radical (unpaired) electrons. The van der Waals surface area contributed by atoms with Crippen molar-refractivity contribution in [2.24, 2.45) is 20.0 Å². The lowest BCUT2D eigenvalue weighted by atomic mass is 9.96. The van der Waals surface area contributed by atoms with Gasteiger partial charge in [-0.25, -0.2) is 15.0 Å². The zero-order valence-electron chi connectivity index (χ0n) is 28.9. The van der Waals surface area contributed by atoms with E-state index in [1.165, 1.54) is 0 Å². The molecule has 2 aromatic heterocycles. The van der Waals surface area contributed by atoms with Crippen LogP contribution in [0.1, 0.15) is 22.4 Å². The molecule has 0 aliphatic carbocycles. The molecule has 7 aromatic rings. The highest BCUT2D eigenvalue weighted by molar-refractivity contribution is 6.15. The van der Waals surface area contributed by atoms with Crippen LogP contribution < -0.4 is 5.32 Å². The Morgan fingerprint density at radius 2 is 1.38 bits per heavy atom. The average Bonchev–Trinajstić information content (AvgIpc) is 3.54. The summed E-state index contributed by atoms with van der Waals surface area (Å²) >= 11 is 0. The number of nitrogens with one attached hydrogen (secondary N) is 1. The molecule has 7 heteroatoms. The molecule has 252 valence electrons. The van der Waals surface area contributed by atoms with E-state index >= 15 is 0 Å². The summed E-state index contributed by atoms with van der Waals surface area (Å²) < 4.78 is 2.26. The maximum absolute atomic E-state index is 5.18. The highest BCUT2D eigenvalue weighted by Gasteiger charge is 2.18. The van der Waals surface area contributed by atoms with E-state index in [4.69, 9.17) is 9.98 Å². The molecule has 0 unspecified atom stereocenters. The first-order valence-corrected chi connectivity index (χ1v) is 17.0. The number of fused-ring (bicyclic) bond motifs is 3. The van der Waals surface area contributed by atoms with Crippen molar-refractivity contribution in [3.63, 3.8) is 0 Å². The topological polar surface area (TPSA) is 79.3 Å². The molecular formula is C45H37N7. The summed E-state index contributed by atoms with van der Waals surface area (Å²) in [6, 6.07) is 46.8. The molecule has 0 atom stereocenters. The van der Waals surface area contributed by atoms with Gasteiger partial charge in [0.25, 0.3) is 0 Å². The smallest absolute Gasteiger partial charge is 0.161 e. The Balaban J connectivity index is 1.36. The maximum atomic E-state index is 5.18. The number of amidine groups is 2. The number of pyridine rings is 1. The van der Waals surface area contributed by atoms with E-state index in [0.29, 0.717) is 24.0 Å². The van der Waals surface area contributed by atoms with E-state index in [9.17, 15) is 0 Å². The van der Waals surface area contributed by atoms with Gasteiger partial charge in [-0.2, -0.15) is 0 Å². The molecule has 5 aromatic carbocycles. The molecule has 7 nitrogen and oxygen atoms in total. The molecule has 0 aliphatic rings. The van der Waals surface area contributed by atoms with E-state index in [1.54, 1.807) is 6.20 Å². The molecule has 0 bridgehead atoms. The zero-order chi connectivity index (χ0) is 35.7. The summed E-state index contributed by atoms with van der Waals surface area (Å²) in [6.45, 7) is 7.90. The molecule has 0 spiro atoms. The van der Waals surface area contributed by atoms with Gasteiger partial charge in [-0.15, -0.1) is 0 Å². The standard InChI is InChI=1S/C45H37N7/c1-46-39(40-25-14-15-30-49-40)26-16-22-32-17-10-11-23-35(32)37-28-29-38-36-24-12-13-27-41(36)52(43(38)42(37)47-2)31-50-45(34-20-8-5-9-21-34)51-44(48-3)33-18-6-4-7-19-33/h4-30,47H,1,3,31H2,2H3/b22-16-,39-26-,50-45-,51-44?. The molecule has 1 N–H and O–H groups in total. The van der Waals surface area contributed by atoms with Crippen LogP contribution in [0.4, 0.5) is 5.69 Å². The van der Waals surface area contributed by atoms with Crippen LogP contribution in [0.2, 0.25) is 0 Å². The first kappa shape index (κ1) is 33.5. The molecule has 0 fully saturated rings. The van der Waals surface area contributed by atoms with E-state index in [-0.39, 0.29) is 0 Å². The lowest BCUT2D eigenvalue weighted by Crippen LogP contribution is -2.07. The minimum Gasteiger partial charge on any atom is -0.386 e. The number of aliphatic imine (C=N–C) groups is 4. The molecular weight excluding hydrogens is 639 g/mol. The third kappa shape index (κ3) is 6.88. The van der Waals surface area contributed by atoms with Crippen molar-refractivity contribution >= 4 is 64.4 Å². The first-order chi connectivity index (χ1) is 25.7. The van der Waals surface area contributed by atoms with Gasteiger partial charge >= 0.3 is 0 Å². The van der Waals surface area contributed by atoms with Crippen LogP contribution in [-0.2, 0) is 6.67 Å². The Kier molecular flexibility index (Phi) is 10.1. The van der Waals surface area contributed by atoms with Gasteiger partial charge in [0.2, 0.25) is 0 Å². The van der Waals surface area contributed by atoms with Crippen LogP contribution in [0.15, 0.2) is 178 Å². The van der Waals surface area contributed by atoms with Crippen LogP contribution in [0.25, 0.3) is 44.7 Å². The summed E-state index contributed by atoms with van der Waals surface area (Å²) in [5.74, 6) is 1.08. The van der Waals surface area contributed by atoms with E-state index in [0.717, 1.165) is 61.0 Å². The molecule has 0 saturated heterocycles. The average molecular weight is 676 g/mol. The fraction of sp³-hybridized carbons (Fsp3) is 0.0444. The van der Waals surface area contributed by atoms with E-state index < -0.39 is 0 Å². The third-order valence-corrected chi connectivity index (χ3v) is 8.85. The van der Waals surface area contributed by atoms with Crippen LogP contribution in [0.5, 0.6) is 0 Å². The summed E-state index contributed by atoms with van der Waals surface area (Å²) in [7, 11) is 1.97. The number of hydrogen-bond donors (Lipinski definition) is 1. The third-order valence-electron chi connectivity index (χ3n) is 8.85. The van der Waals surface area contributed by atoms with E-state index in [2.05, 4.69) is 105 Å². The van der Waals surface area contributed by atoms with Gasteiger partial charge < -0.3 is 9.88 Å². The molecule has 52 heavy (non-hydrogen) atoms. The number of anilines is 1. The van der Waals surface area contributed by atoms with Gasteiger partial charge in [-0.3, -0.25) is 9.98 Å². The Bertz CT molecular complexity index is 2490. The number of para-hydroxylation sites is 1. The Morgan fingerprint density at radius 1 is 0.692 bits per heavy atom. The van der Waals surface area contributed by atoms with Gasteiger partial charge in [-0.05, 0) is 48.8 Å². The van der Waals surface area contributed by atoms with Gasteiger partial charge in [0.1, 0.15) is 6.67 Å². The lowest BCUT2D eigenvalue weighted by molar-refractivity contribution is 0.792. The Hall–Kier alpha value is -6.99. The minimum absolute atomic E-state index is 0.326. The predicted molar refractivity (Wildman–Crippen MR) is 221 cm³/mol. The van der Waals surface area contributed by atoms with Crippen molar-refractivity contribution in [1.29, 1.82) is 0 Å². The van der Waals surface area contributed by atoms with Gasteiger partial charge in [0.15, 0.2) is 11.7 Å². The number of aromatic nitrogens is 2. The Morgan fingerprint density at radius 3 is 2.10 bits per heavy atom. The SMILES string of the molecule is C=NC(=N/C(=N\Cn1c2ccccc2c2ccc(-c3ccccc3/C=C\C=C(/N=C)c3ccccn3)c(NC)c21)c1ccccc1)c1ccccc1. The van der Waals surface area contributed by atoms with Gasteiger partial charge in [0.05, 0.1) is 28.1 Å². The van der Waals surface area contributed by atoms with Crippen molar-refractivity contribution in [1.82, 2.24) is 9.55 Å². The monoisotopic (exact) mass is 675 g/mol. The molecule has 2 heterocycles. The number of rotatable bonds is 10. The number of benzene rings is 5. The molecule has 0 aliphatic heterocycles. The first-order valence-electron chi connectivity index (χ1n) is 17.0. The summed E-state index contributed by atoms with van der Waals surface area (Å²) in [4.78, 5) is 23.0.